The third-order valence-electron chi connectivity index (χ3n) is 3.31. The number of halogens is 2. The summed E-state index contributed by atoms with van der Waals surface area (Å²) < 4.78 is 13.6. The number of hydrogen-bond donors (Lipinski definition) is 2. The number of benzene rings is 1. The van der Waals surface area contributed by atoms with E-state index in [-0.39, 0.29) is 30.2 Å². The number of nitrogens with one attached hydrogen (secondary N) is 2. The van der Waals surface area contributed by atoms with Crippen LogP contribution < -0.4 is 10.6 Å². The van der Waals surface area contributed by atoms with E-state index in [9.17, 15) is 9.18 Å². The zero-order chi connectivity index (χ0) is 13.1. The van der Waals surface area contributed by atoms with Crippen molar-refractivity contribution in [1.29, 1.82) is 0 Å². The fraction of sp³-hybridized carbons (Fsp3) is 0.462. The molecule has 1 aliphatic rings. The lowest BCUT2D eigenvalue weighted by Crippen LogP contribution is -2.52. The van der Waals surface area contributed by atoms with Crippen molar-refractivity contribution in [2.75, 3.05) is 6.54 Å². The molecule has 98 valence electrons. The van der Waals surface area contributed by atoms with E-state index in [2.05, 4.69) is 10.6 Å². The molecule has 2 N–H and O–H groups in total. The van der Waals surface area contributed by atoms with Crippen LogP contribution in [0.25, 0.3) is 0 Å². The van der Waals surface area contributed by atoms with Gasteiger partial charge in [0.05, 0.1) is 6.04 Å². The molecule has 1 aromatic carbocycles. The average molecular weight is 271 g/mol. The Morgan fingerprint density at radius 2 is 2.33 bits per heavy atom. The maximum absolute atomic E-state index is 13.6. The van der Waals surface area contributed by atoms with Crippen LogP contribution in [-0.4, -0.2) is 18.5 Å². The molecule has 1 heterocycles. The summed E-state index contributed by atoms with van der Waals surface area (Å²) >= 11 is 5.94. The number of carbonyl (C=O) groups is 1. The van der Waals surface area contributed by atoms with Gasteiger partial charge in [-0.25, -0.2) is 4.39 Å². The zero-order valence-corrected chi connectivity index (χ0v) is 10.9. The first kappa shape index (κ1) is 13.3. The van der Waals surface area contributed by atoms with Crippen LogP contribution in [0.3, 0.4) is 0 Å². The molecule has 0 aliphatic carbocycles. The second-order valence-corrected chi connectivity index (χ2v) is 5.02. The molecule has 0 radical (unpaired) electrons. The molecule has 1 saturated heterocycles. The Balaban J connectivity index is 2.04. The van der Waals surface area contributed by atoms with E-state index in [4.69, 9.17) is 11.6 Å². The molecule has 5 heteroatoms. The Labute approximate surface area is 111 Å². The number of piperidine rings is 1. The number of carbonyl (C=O) groups excluding carboxylic acids is 1. The smallest absolute Gasteiger partial charge is 0.237 e. The normalized spacial score (nSPS) is 23.8. The lowest BCUT2D eigenvalue weighted by molar-refractivity contribution is -0.126. The van der Waals surface area contributed by atoms with Crippen LogP contribution >= 0.6 is 11.6 Å². The van der Waals surface area contributed by atoms with Gasteiger partial charge in [-0.1, -0.05) is 24.6 Å². The summed E-state index contributed by atoms with van der Waals surface area (Å²) in [5.41, 5.74) is 0.407. The van der Waals surface area contributed by atoms with Crippen LogP contribution in [0.4, 0.5) is 4.39 Å². The molecule has 1 aliphatic heterocycles. The molecular weight excluding hydrogens is 255 g/mol. The number of amides is 1. The SMILES string of the molecule is C[C@H]1CCNC(=O)[C@@H]1NCc1c(F)cccc1Cl. The van der Waals surface area contributed by atoms with E-state index in [1.165, 1.54) is 6.07 Å². The highest BCUT2D eigenvalue weighted by Crippen LogP contribution is 2.20. The second-order valence-electron chi connectivity index (χ2n) is 4.62. The van der Waals surface area contributed by atoms with Crippen LogP contribution in [0.5, 0.6) is 0 Å². The molecule has 1 fully saturated rings. The summed E-state index contributed by atoms with van der Waals surface area (Å²) in [5, 5.41) is 6.26. The summed E-state index contributed by atoms with van der Waals surface area (Å²) in [6.45, 7) is 2.98. The molecule has 0 saturated carbocycles. The molecule has 0 unspecified atom stereocenters. The van der Waals surface area contributed by atoms with Gasteiger partial charge in [-0.2, -0.15) is 0 Å². The van der Waals surface area contributed by atoms with Crippen molar-refractivity contribution < 1.29 is 9.18 Å². The van der Waals surface area contributed by atoms with Crippen LogP contribution in [0.2, 0.25) is 5.02 Å². The molecule has 2 atom stereocenters. The van der Waals surface area contributed by atoms with Crippen molar-refractivity contribution in [1.82, 2.24) is 10.6 Å². The highest BCUT2D eigenvalue weighted by Gasteiger charge is 2.28. The molecular formula is C13H16ClFN2O. The predicted molar refractivity (Wildman–Crippen MR) is 68.8 cm³/mol. The zero-order valence-electron chi connectivity index (χ0n) is 10.2. The first-order chi connectivity index (χ1) is 8.59. The van der Waals surface area contributed by atoms with E-state index in [0.29, 0.717) is 17.1 Å². The highest BCUT2D eigenvalue weighted by molar-refractivity contribution is 6.31. The minimum atomic E-state index is -0.348. The van der Waals surface area contributed by atoms with Crippen molar-refractivity contribution in [3.05, 3.63) is 34.6 Å². The van der Waals surface area contributed by atoms with Gasteiger partial charge in [-0.15, -0.1) is 0 Å². The molecule has 0 aromatic heterocycles. The van der Waals surface area contributed by atoms with Gasteiger partial charge >= 0.3 is 0 Å². The minimum absolute atomic E-state index is 0.0267. The van der Waals surface area contributed by atoms with Gasteiger partial charge in [0.1, 0.15) is 5.82 Å². The van der Waals surface area contributed by atoms with Crippen molar-refractivity contribution >= 4 is 17.5 Å². The maximum atomic E-state index is 13.6. The molecule has 0 spiro atoms. The summed E-state index contributed by atoms with van der Waals surface area (Å²) in [6.07, 6.45) is 0.925. The van der Waals surface area contributed by atoms with E-state index < -0.39 is 0 Å². The summed E-state index contributed by atoms with van der Waals surface area (Å²) in [7, 11) is 0. The third-order valence-corrected chi connectivity index (χ3v) is 3.66. The van der Waals surface area contributed by atoms with Gasteiger partial charge in [0.25, 0.3) is 0 Å². The highest BCUT2D eigenvalue weighted by atomic mass is 35.5. The van der Waals surface area contributed by atoms with E-state index >= 15 is 0 Å². The van der Waals surface area contributed by atoms with Gasteiger partial charge in [0.2, 0.25) is 5.91 Å². The van der Waals surface area contributed by atoms with Crippen LogP contribution in [0.1, 0.15) is 18.9 Å². The van der Waals surface area contributed by atoms with Gasteiger partial charge in [0.15, 0.2) is 0 Å². The van der Waals surface area contributed by atoms with Crippen molar-refractivity contribution in [2.24, 2.45) is 5.92 Å². The van der Waals surface area contributed by atoms with Gasteiger partial charge in [-0.3, -0.25) is 4.79 Å². The van der Waals surface area contributed by atoms with Gasteiger partial charge in [0, 0.05) is 23.7 Å². The first-order valence-corrected chi connectivity index (χ1v) is 6.41. The summed E-state index contributed by atoms with van der Waals surface area (Å²) in [6, 6.07) is 4.30. The first-order valence-electron chi connectivity index (χ1n) is 6.03. The van der Waals surface area contributed by atoms with E-state index in [0.717, 1.165) is 6.42 Å². The monoisotopic (exact) mass is 270 g/mol. The maximum Gasteiger partial charge on any atom is 0.237 e. The third kappa shape index (κ3) is 2.82. The van der Waals surface area contributed by atoms with Crippen molar-refractivity contribution in [3.8, 4) is 0 Å². The Morgan fingerprint density at radius 1 is 1.56 bits per heavy atom. The van der Waals surface area contributed by atoms with Crippen LogP contribution in [0.15, 0.2) is 18.2 Å². The van der Waals surface area contributed by atoms with Crippen molar-refractivity contribution in [2.45, 2.75) is 25.9 Å². The fourth-order valence-electron chi connectivity index (χ4n) is 2.17. The molecule has 0 bridgehead atoms. The Kier molecular flexibility index (Phi) is 4.19. The second kappa shape index (κ2) is 5.67. The lowest BCUT2D eigenvalue weighted by Gasteiger charge is -2.29. The molecule has 18 heavy (non-hydrogen) atoms. The topological polar surface area (TPSA) is 41.1 Å². The van der Waals surface area contributed by atoms with Gasteiger partial charge in [-0.05, 0) is 24.5 Å². The minimum Gasteiger partial charge on any atom is -0.355 e. The Morgan fingerprint density at radius 3 is 3.00 bits per heavy atom. The molecule has 1 aromatic rings. The van der Waals surface area contributed by atoms with E-state index in [1.807, 2.05) is 6.92 Å². The average Bonchev–Trinajstić information content (AvgIpc) is 2.31. The standard InChI is InChI=1S/C13H16ClFN2O/c1-8-5-6-16-13(18)12(8)17-7-9-10(14)3-2-4-11(9)15/h2-4,8,12,17H,5-7H2,1H3,(H,16,18)/t8-,12+/m0/s1. The Bertz CT molecular complexity index is 432. The molecule has 2 rings (SSSR count). The summed E-state index contributed by atoms with van der Waals surface area (Å²) in [5.74, 6) is -0.135. The largest absolute Gasteiger partial charge is 0.355 e. The van der Waals surface area contributed by atoms with Gasteiger partial charge < -0.3 is 10.6 Å². The quantitative estimate of drug-likeness (QED) is 0.883. The molecule has 1 amide bonds. The predicted octanol–water partition coefficient (Wildman–Crippen LogP) is 2.09. The number of hydrogen-bond acceptors (Lipinski definition) is 2. The van der Waals surface area contributed by atoms with Crippen LogP contribution in [0, 0.1) is 11.7 Å². The summed E-state index contributed by atoms with van der Waals surface area (Å²) in [4.78, 5) is 11.7. The van der Waals surface area contributed by atoms with Crippen LogP contribution in [-0.2, 0) is 11.3 Å². The van der Waals surface area contributed by atoms with E-state index in [1.54, 1.807) is 12.1 Å². The molecule has 3 nitrogen and oxygen atoms in total. The van der Waals surface area contributed by atoms with Crippen molar-refractivity contribution in [3.63, 3.8) is 0 Å². The lowest BCUT2D eigenvalue weighted by atomic mass is 9.94. The number of rotatable bonds is 3. The Hall–Kier alpha value is -1.13. The fourth-order valence-corrected chi connectivity index (χ4v) is 2.40.